The molecule has 2 aromatic carbocycles. The third-order valence-corrected chi connectivity index (χ3v) is 5.83. The summed E-state index contributed by atoms with van der Waals surface area (Å²) in [6, 6.07) is 13.6. The smallest absolute Gasteiger partial charge is 0.220 e. The number of hydrogen-bond acceptors (Lipinski definition) is 6. The van der Waals surface area contributed by atoms with Gasteiger partial charge in [0.25, 0.3) is 0 Å². The molecule has 0 aliphatic heterocycles. The van der Waals surface area contributed by atoms with E-state index in [1.54, 1.807) is 0 Å². The molecule has 29 heavy (non-hydrogen) atoms. The lowest BCUT2D eigenvalue weighted by atomic mass is 10.1. The number of hydrogen-bond donors (Lipinski definition) is 0. The van der Waals surface area contributed by atoms with Crippen LogP contribution in [-0.2, 0) is 0 Å². The highest BCUT2D eigenvalue weighted by atomic mass is 32.2. The van der Waals surface area contributed by atoms with Gasteiger partial charge in [0.2, 0.25) is 6.54 Å². The van der Waals surface area contributed by atoms with Crippen molar-refractivity contribution in [2.24, 2.45) is 0 Å². The van der Waals surface area contributed by atoms with Crippen LogP contribution in [0.4, 0.5) is 0 Å². The second-order valence-corrected chi connectivity index (χ2v) is 7.90. The fraction of sp³-hybridized carbons (Fsp3) is 0.333. The summed E-state index contributed by atoms with van der Waals surface area (Å²) in [5.41, 5.74) is 4.08. The molecular formula is C21H24N4O3S. The quantitative estimate of drug-likeness (QED) is 0.303. The van der Waals surface area contributed by atoms with Gasteiger partial charge in [-0.1, -0.05) is 36.0 Å². The lowest BCUT2D eigenvalue weighted by Crippen LogP contribution is -2.12. The topological polar surface area (TPSA) is 83.1 Å². The maximum Gasteiger partial charge on any atom is 0.220 e. The van der Waals surface area contributed by atoms with Gasteiger partial charge in [0.15, 0.2) is 5.16 Å². The first-order chi connectivity index (χ1) is 13.9. The Morgan fingerprint density at radius 1 is 1.14 bits per heavy atom. The molecule has 0 spiro atoms. The van der Waals surface area contributed by atoms with E-state index in [0.29, 0.717) is 17.5 Å². The van der Waals surface area contributed by atoms with Crippen LogP contribution in [0.5, 0.6) is 5.75 Å². The van der Waals surface area contributed by atoms with Crippen molar-refractivity contribution in [3.8, 4) is 11.4 Å². The molecule has 1 heterocycles. The average Bonchev–Trinajstić information content (AvgIpc) is 3.04. The molecule has 0 saturated carbocycles. The van der Waals surface area contributed by atoms with Gasteiger partial charge in [0.05, 0.1) is 6.61 Å². The number of aryl methyl sites for hydroxylation is 3. The van der Waals surface area contributed by atoms with E-state index >= 15 is 0 Å². The summed E-state index contributed by atoms with van der Waals surface area (Å²) in [6.07, 6.45) is 0. The largest absolute Gasteiger partial charge is 0.494 e. The molecule has 0 saturated heterocycles. The first-order valence-electron chi connectivity index (χ1n) is 9.40. The number of nitro groups is 1. The van der Waals surface area contributed by atoms with Gasteiger partial charge in [0.1, 0.15) is 16.8 Å². The standard InChI is InChI=1S/C21H24N4O3S/c1-5-28-19-9-7-6-8-18(19)20(13-24(26)27)29-21-23-22-16(4)25(21)17-11-10-14(2)15(3)12-17/h6-12,20H,5,13H2,1-4H3/t20-/m0/s1. The molecule has 0 unspecified atom stereocenters. The number of aromatic nitrogens is 3. The van der Waals surface area contributed by atoms with Gasteiger partial charge >= 0.3 is 0 Å². The Morgan fingerprint density at radius 3 is 2.59 bits per heavy atom. The van der Waals surface area contributed by atoms with Crippen molar-refractivity contribution in [1.82, 2.24) is 14.8 Å². The number of para-hydroxylation sites is 1. The molecule has 1 aromatic heterocycles. The SMILES string of the molecule is CCOc1ccccc1[C@H](C[N+](=O)[O-])Sc1nnc(C)n1-c1ccc(C)c(C)c1. The summed E-state index contributed by atoms with van der Waals surface area (Å²) >= 11 is 1.33. The van der Waals surface area contributed by atoms with E-state index in [0.717, 1.165) is 22.6 Å². The maximum atomic E-state index is 11.4. The number of benzene rings is 2. The molecule has 0 radical (unpaired) electrons. The van der Waals surface area contributed by atoms with E-state index < -0.39 is 5.25 Å². The lowest BCUT2D eigenvalue weighted by Gasteiger charge is -2.17. The van der Waals surface area contributed by atoms with E-state index in [1.807, 2.05) is 48.7 Å². The number of thioether (sulfide) groups is 1. The van der Waals surface area contributed by atoms with Gasteiger partial charge in [-0.3, -0.25) is 14.7 Å². The van der Waals surface area contributed by atoms with Crippen molar-refractivity contribution >= 4 is 11.8 Å². The predicted octanol–water partition coefficient (Wildman–Crippen LogP) is 4.70. The van der Waals surface area contributed by atoms with Crippen molar-refractivity contribution < 1.29 is 9.66 Å². The van der Waals surface area contributed by atoms with Crippen LogP contribution in [-0.4, -0.2) is 32.8 Å². The van der Waals surface area contributed by atoms with E-state index in [1.165, 1.54) is 17.3 Å². The Kier molecular flexibility index (Phi) is 6.53. The number of nitrogens with zero attached hydrogens (tertiary/aromatic N) is 4. The first kappa shape index (κ1) is 20.9. The van der Waals surface area contributed by atoms with E-state index in [2.05, 4.69) is 36.2 Å². The highest BCUT2D eigenvalue weighted by Crippen LogP contribution is 2.39. The van der Waals surface area contributed by atoms with Gasteiger partial charge in [-0.15, -0.1) is 10.2 Å². The molecular weight excluding hydrogens is 388 g/mol. The van der Waals surface area contributed by atoms with Gasteiger partial charge < -0.3 is 4.74 Å². The fourth-order valence-electron chi connectivity index (χ4n) is 3.08. The van der Waals surface area contributed by atoms with Crippen LogP contribution in [0.3, 0.4) is 0 Å². The second-order valence-electron chi connectivity index (χ2n) is 6.73. The lowest BCUT2D eigenvalue weighted by molar-refractivity contribution is -0.479. The fourth-order valence-corrected chi connectivity index (χ4v) is 4.28. The predicted molar refractivity (Wildman–Crippen MR) is 114 cm³/mol. The highest BCUT2D eigenvalue weighted by molar-refractivity contribution is 7.99. The van der Waals surface area contributed by atoms with Gasteiger partial charge in [-0.2, -0.15) is 0 Å². The normalized spacial score (nSPS) is 12.0. The van der Waals surface area contributed by atoms with Crippen LogP contribution < -0.4 is 4.74 Å². The summed E-state index contributed by atoms with van der Waals surface area (Å²) in [5.74, 6) is 1.39. The Balaban J connectivity index is 2.02. The Bertz CT molecular complexity index is 1020. The Hall–Kier alpha value is -2.87. The zero-order valence-corrected chi connectivity index (χ0v) is 17.8. The minimum atomic E-state index is -0.457. The molecule has 0 fully saturated rings. The number of ether oxygens (including phenoxy) is 1. The second kappa shape index (κ2) is 9.09. The third-order valence-electron chi connectivity index (χ3n) is 4.67. The maximum absolute atomic E-state index is 11.4. The summed E-state index contributed by atoms with van der Waals surface area (Å²) < 4.78 is 7.65. The van der Waals surface area contributed by atoms with Crippen LogP contribution >= 0.6 is 11.8 Å². The Morgan fingerprint density at radius 2 is 1.90 bits per heavy atom. The summed E-state index contributed by atoms with van der Waals surface area (Å²) in [5, 5.41) is 20.1. The van der Waals surface area contributed by atoms with E-state index in [4.69, 9.17) is 4.74 Å². The minimum absolute atomic E-state index is 0.242. The van der Waals surface area contributed by atoms with Gasteiger partial charge in [0, 0.05) is 16.2 Å². The number of rotatable bonds is 8. The van der Waals surface area contributed by atoms with Crippen molar-refractivity contribution in [3.05, 3.63) is 75.1 Å². The molecule has 0 bridgehead atoms. The van der Waals surface area contributed by atoms with Crippen molar-refractivity contribution in [2.45, 2.75) is 38.1 Å². The Labute approximate surface area is 174 Å². The van der Waals surface area contributed by atoms with Crippen LogP contribution in [0.2, 0.25) is 0 Å². The van der Waals surface area contributed by atoms with Crippen molar-refractivity contribution in [3.63, 3.8) is 0 Å². The van der Waals surface area contributed by atoms with Crippen LogP contribution in [0.15, 0.2) is 47.6 Å². The molecule has 3 rings (SSSR count). The molecule has 0 amide bonds. The third kappa shape index (κ3) is 4.76. The van der Waals surface area contributed by atoms with E-state index in [9.17, 15) is 10.1 Å². The first-order valence-corrected chi connectivity index (χ1v) is 10.3. The zero-order chi connectivity index (χ0) is 21.0. The molecule has 7 nitrogen and oxygen atoms in total. The zero-order valence-electron chi connectivity index (χ0n) is 17.0. The molecule has 0 aliphatic rings. The van der Waals surface area contributed by atoms with Gasteiger partial charge in [-0.05, 0) is 57.0 Å². The molecule has 8 heteroatoms. The van der Waals surface area contributed by atoms with Crippen LogP contribution in [0.1, 0.15) is 34.7 Å². The summed E-state index contributed by atoms with van der Waals surface area (Å²) in [4.78, 5) is 11.1. The van der Waals surface area contributed by atoms with Gasteiger partial charge in [-0.25, -0.2) is 0 Å². The van der Waals surface area contributed by atoms with E-state index in [-0.39, 0.29) is 11.5 Å². The van der Waals surface area contributed by atoms with Crippen LogP contribution in [0, 0.1) is 30.9 Å². The molecule has 3 aromatic rings. The minimum Gasteiger partial charge on any atom is -0.494 e. The molecule has 152 valence electrons. The molecule has 1 atom stereocenters. The van der Waals surface area contributed by atoms with Crippen molar-refractivity contribution in [1.29, 1.82) is 0 Å². The average molecular weight is 413 g/mol. The molecule has 0 aliphatic carbocycles. The van der Waals surface area contributed by atoms with Crippen LogP contribution in [0.25, 0.3) is 5.69 Å². The van der Waals surface area contributed by atoms with Crippen molar-refractivity contribution in [2.75, 3.05) is 13.2 Å². The highest BCUT2D eigenvalue weighted by Gasteiger charge is 2.26. The monoisotopic (exact) mass is 412 g/mol. The summed E-state index contributed by atoms with van der Waals surface area (Å²) in [6.45, 7) is 8.14. The summed E-state index contributed by atoms with van der Waals surface area (Å²) in [7, 11) is 0. The molecule has 0 N–H and O–H groups in total.